The number of carbonyl (C=O) groups is 1. The summed E-state index contributed by atoms with van der Waals surface area (Å²) in [5.74, 6) is 1.33. The molecule has 0 bridgehead atoms. The summed E-state index contributed by atoms with van der Waals surface area (Å²) in [7, 11) is 0. The fourth-order valence-electron chi connectivity index (χ4n) is 0.414. The third-order valence-corrected chi connectivity index (χ3v) is 1.97. The minimum absolute atomic E-state index is 0.171. The normalized spacial score (nSPS) is 24.3. The van der Waals surface area contributed by atoms with E-state index in [1.165, 1.54) is 11.9 Å². The summed E-state index contributed by atoms with van der Waals surface area (Å²) < 4.78 is 2.65. The lowest BCUT2D eigenvalue weighted by molar-refractivity contribution is -0.121. The van der Waals surface area contributed by atoms with Gasteiger partial charge in [0.25, 0.3) is 0 Å². The van der Waals surface area contributed by atoms with E-state index in [4.69, 9.17) is 0 Å². The molecule has 0 spiro atoms. The Balaban J connectivity index is 0.000000291. The van der Waals surface area contributed by atoms with Crippen molar-refractivity contribution in [1.29, 1.82) is 0 Å². The number of carbonyl (C=O) groups excluding carboxylic acids is 1. The molecule has 0 aromatic rings. The van der Waals surface area contributed by atoms with E-state index in [0.29, 0.717) is 0 Å². The molecular weight excluding hydrogens is 134 g/mol. The molecule has 1 atom stereocenters. The van der Waals surface area contributed by atoms with E-state index in [0.717, 1.165) is 5.75 Å². The molecule has 1 amide bonds. The summed E-state index contributed by atoms with van der Waals surface area (Å²) in [5.41, 5.74) is 0. The van der Waals surface area contributed by atoms with Gasteiger partial charge in [0.1, 0.15) is 0 Å². The largest absolute Gasteiger partial charge is 0.300 e. The van der Waals surface area contributed by atoms with Crippen LogP contribution in [0.5, 0.6) is 0 Å². The van der Waals surface area contributed by atoms with Gasteiger partial charge in [-0.15, -0.1) is 0 Å². The monoisotopic (exact) mass is 147 g/mol. The van der Waals surface area contributed by atoms with E-state index >= 15 is 0 Å². The van der Waals surface area contributed by atoms with Gasteiger partial charge in [0, 0.05) is 11.7 Å². The Hall–Kier alpha value is -0.180. The maximum absolute atomic E-state index is 10.4. The number of hydrogen-bond donors (Lipinski definition) is 1. The number of nitrogens with one attached hydrogen (secondary N) is 1. The molecule has 0 aromatic carbocycles. The SMILES string of the molecule is CC.CC1CSNC1=O. The van der Waals surface area contributed by atoms with Crippen LogP contribution in [0.1, 0.15) is 20.8 Å². The smallest absolute Gasteiger partial charge is 0.233 e. The first-order chi connectivity index (χ1) is 4.30. The van der Waals surface area contributed by atoms with Crippen molar-refractivity contribution in [2.75, 3.05) is 5.75 Å². The summed E-state index contributed by atoms with van der Waals surface area (Å²) in [5, 5.41) is 0. The topological polar surface area (TPSA) is 29.1 Å². The Morgan fingerprint density at radius 3 is 2.33 bits per heavy atom. The van der Waals surface area contributed by atoms with E-state index in [2.05, 4.69) is 4.72 Å². The average molecular weight is 147 g/mol. The lowest BCUT2D eigenvalue weighted by Crippen LogP contribution is -2.13. The van der Waals surface area contributed by atoms with Crippen LogP contribution >= 0.6 is 11.9 Å². The maximum Gasteiger partial charge on any atom is 0.233 e. The molecule has 1 N–H and O–H groups in total. The third-order valence-electron chi connectivity index (χ3n) is 0.954. The van der Waals surface area contributed by atoms with Gasteiger partial charge in [-0.2, -0.15) is 0 Å². The van der Waals surface area contributed by atoms with Crippen molar-refractivity contribution >= 4 is 17.9 Å². The van der Waals surface area contributed by atoms with Crippen molar-refractivity contribution in [3.05, 3.63) is 0 Å². The summed E-state index contributed by atoms with van der Waals surface area (Å²) in [6, 6.07) is 0. The second-order valence-corrected chi connectivity index (χ2v) is 2.50. The molecule has 1 unspecified atom stereocenters. The predicted molar refractivity (Wildman–Crippen MR) is 41.1 cm³/mol. The first kappa shape index (κ1) is 8.82. The van der Waals surface area contributed by atoms with Crippen LogP contribution in [-0.2, 0) is 4.79 Å². The highest BCUT2D eigenvalue weighted by molar-refractivity contribution is 7.98. The van der Waals surface area contributed by atoms with E-state index in [9.17, 15) is 4.79 Å². The predicted octanol–water partition coefficient (Wildman–Crippen LogP) is 1.43. The minimum Gasteiger partial charge on any atom is -0.300 e. The number of rotatable bonds is 0. The van der Waals surface area contributed by atoms with Gasteiger partial charge < -0.3 is 0 Å². The Morgan fingerprint density at radius 2 is 2.22 bits per heavy atom. The molecule has 0 radical (unpaired) electrons. The first-order valence-electron chi connectivity index (χ1n) is 3.22. The molecule has 0 aliphatic carbocycles. The van der Waals surface area contributed by atoms with Crippen LogP contribution in [-0.4, -0.2) is 11.7 Å². The summed E-state index contributed by atoms with van der Waals surface area (Å²) in [4.78, 5) is 10.4. The Morgan fingerprint density at radius 1 is 1.67 bits per heavy atom. The molecule has 3 heteroatoms. The molecule has 1 fully saturated rings. The maximum atomic E-state index is 10.4. The Labute approximate surface area is 60.5 Å². The molecule has 1 rings (SSSR count). The number of hydrogen-bond acceptors (Lipinski definition) is 2. The fraction of sp³-hybridized carbons (Fsp3) is 0.833. The van der Waals surface area contributed by atoms with E-state index in [-0.39, 0.29) is 11.8 Å². The molecule has 9 heavy (non-hydrogen) atoms. The van der Waals surface area contributed by atoms with Gasteiger partial charge in [0.05, 0.1) is 0 Å². The van der Waals surface area contributed by atoms with Crippen LogP contribution in [0.4, 0.5) is 0 Å². The van der Waals surface area contributed by atoms with Crippen molar-refractivity contribution in [1.82, 2.24) is 4.72 Å². The van der Waals surface area contributed by atoms with Crippen molar-refractivity contribution in [3.8, 4) is 0 Å². The summed E-state index contributed by atoms with van der Waals surface area (Å²) in [6.07, 6.45) is 0. The third kappa shape index (κ3) is 2.75. The quantitative estimate of drug-likeness (QED) is 0.525. The van der Waals surface area contributed by atoms with Crippen LogP contribution < -0.4 is 4.72 Å². The van der Waals surface area contributed by atoms with Crippen molar-refractivity contribution in [3.63, 3.8) is 0 Å². The zero-order valence-electron chi connectivity index (χ0n) is 6.10. The highest BCUT2D eigenvalue weighted by atomic mass is 32.2. The fourth-order valence-corrected chi connectivity index (χ4v) is 1.24. The van der Waals surface area contributed by atoms with Crippen molar-refractivity contribution in [2.45, 2.75) is 20.8 Å². The lowest BCUT2D eigenvalue weighted by atomic mass is 10.2. The molecule has 1 saturated heterocycles. The highest BCUT2D eigenvalue weighted by Gasteiger charge is 2.18. The summed E-state index contributed by atoms with van der Waals surface area (Å²) in [6.45, 7) is 5.93. The zero-order valence-corrected chi connectivity index (χ0v) is 6.92. The highest BCUT2D eigenvalue weighted by Crippen LogP contribution is 2.12. The van der Waals surface area contributed by atoms with Crippen LogP contribution in [0.2, 0.25) is 0 Å². The molecule has 54 valence electrons. The van der Waals surface area contributed by atoms with Gasteiger partial charge in [-0.05, 0) is 11.9 Å². The average Bonchev–Trinajstić information content (AvgIpc) is 2.23. The van der Waals surface area contributed by atoms with Gasteiger partial charge in [-0.3, -0.25) is 9.52 Å². The first-order valence-corrected chi connectivity index (χ1v) is 4.21. The summed E-state index contributed by atoms with van der Waals surface area (Å²) >= 11 is 1.49. The Kier molecular flexibility index (Phi) is 4.58. The molecule has 2 nitrogen and oxygen atoms in total. The standard InChI is InChI=1S/C4H7NOS.C2H6/c1-3-2-7-5-4(3)6;1-2/h3H,2H2,1H3,(H,5,6);1-2H3. The van der Waals surface area contributed by atoms with E-state index in [1.807, 2.05) is 20.8 Å². The van der Waals surface area contributed by atoms with Gasteiger partial charge >= 0.3 is 0 Å². The molecule has 1 aliphatic rings. The molecule has 1 aliphatic heterocycles. The lowest BCUT2D eigenvalue weighted by Gasteiger charge is -1.88. The van der Waals surface area contributed by atoms with Crippen molar-refractivity contribution < 1.29 is 4.79 Å². The van der Waals surface area contributed by atoms with Gasteiger partial charge in [-0.25, -0.2) is 0 Å². The number of amides is 1. The van der Waals surface area contributed by atoms with Gasteiger partial charge in [0.2, 0.25) is 5.91 Å². The van der Waals surface area contributed by atoms with E-state index in [1.54, 1.807) is 0 Å². The van der Waals surface area contributed by atoms with Gasteiger partial charge in [0.15, 0.2) is 0 Å². The Bertz CT molecular complexity index is 95.1. The van der Waals surface area contributed by atoms with Crippen LogP contribution in [0.3, 0.4) is 0 Å². The second kappa shape index (κ2) is 4.68. The zero-order chi connectivity index (χ0) is 7.28. The molecule has 0 saturated carbocycles. The molecule has 0 aromatic heterocycles. The van der Waals surface area contributed by atoms with Crippen LogP contribution in [0, 0.1) is 5.92 Å². The van der Waals surface area contributed by atoms with Gasteiger partial charge in [-0.1, -0.05) is 20.8 Å². The second-order valence-electron chi connectivity index (χ2n) is 1.68. The van der Waals surface area contributed by atoms with Crippen LogP contribution in [0.25, 0.3) is 0 Å². The molecular formula is C6H13NOS. The minimum atomic E-state index is 0.171. The van der Waals surface area contributed by atoms with Crippen molar-refractivity contribution in [2.24, 2.45) is 5.92 Å². The molecule has 1 heterocycles. The van der Waals surface area contributed by atoms with Crippen LogP contribution in [0.15, 0.2) is 0 Å². The van der Waals surface area contributed by atoms with E-state index < -0.39 is 0 Å².